The first-order valence-corrected chi connectivity index (χ1v) is 11.7. The SMILES string of the molecule is CC1(C)CN(C(=O)C2CCCCN2S(=O)(=O)c2ccccc2)C1c1ccccc1. The number of nitrogens with zero attached hydrogens (tertiary/aromatic N) is 2. The minimum atomic E-state index is -3.70. The van der Waals surface area contributed by atoms with Gasteiger partial charge in [0.15, 0.2) is 0 Å². The van der Waals surface area contributed by atoms with Crippen molar-refractivity contribution in [1.29, 1.82) is 0 Å². The molecule has 2 saturated heterocycles. The lowest BCUT2D eigenvalue weighted by Crippen LogP contribution is -2.63. The zero-order chi connectivity index (χ0) is 20.6. The molecule has 0 N–H and O–H groups in total. The maximum absolute atomic E-state index is 13.6. The van der Waals surface area contributed by atoms with E-state index in [4.69, 9.17) is 0 Å². The van der Waals surface area contributed by atoms with E-state index in [1.165, 1.54) is 4.31 Å². The summed E-state index contributed by atoms with van der Waals surface area (Å²) in [6, 6.07) is 17.8. The first-order chi connectivity index (χ1) is 13.8. The van der Waals surface area contributed by atoms with Crippen LogP contribution in [0.2, 0.25) is 0 Å². The van der Waals surface area contributed by atoms with E-state index in [1.807, 2.05) is 35.2 Å². The predicted octanol–water partition coefficient (Wildman–Crippen LogP) is 3.84. The van der Waals surface area contributed by atoms with Crippen molar-refractivity contribution in [3.63, 3.8) is 0 Å². The zero-order valence-electron chi connectivity index (χ0n) is 17.0. The highest BCUT2D eigenvalue weighted by Crippen LogP contribution is 2.49. The summed E-state index contributed by atoms with van der Waals surface area (Å²) in [5.74, 6) is -0.0719. The number of sulfonamides is 1. The molecule has 4 rings (SSSR count). The molecule has 2 aromatic rings. The molecule has 1 amide bonds. The number of carbonyl (C=O) groups excluding carboxylic acids is 1. The first-order valence-electron chi connectivity index (χ1n) is 10.2. The summed E-state index contributed by atoms with van der Waals surface area (Å²) < 4.78 is 28.0. The maximum Gasteiger partial charge on any atom is 0.243 e. The van der Waals surface area contributed by atoms with E-state index < -0.39 is 16.1 Å². The lowest BCUT2D eigenvalue weighted by molar-refractivity contribution is -0.157. The van der Waals surface area contributed by atoms with E-state index in [1.54, 1.807) is 30.3 Å². The number of amides is 1. The van der Waals surface area contributed by atoms with Crippen molar-refractivity contribution in [2.45, 2.75) is 50.1 Å². The molecular formula is C23H28N2O3S. The molecule has 0 aliphatic carbocycles. The second kappa shape index (κ2) is 7.58. The summed E-state index contributed by atoms with van der Waals surface area (Å²) in [6.45, 7) is 5.35. The molecule has 2 atom stereocenters. The first kappa shape index (κ1) is 20.1. The molecule has 2 unspecified atom stereocenters. The van der Waals surface area contributed by atoms with E-state index in [0.29, 0.717) is 19.5 Å². The lowest BCUT2D eigenvalue weighted by atomic mass is 9.71. The molecule has 0 radical (unpaired) electrons. The van der Waals surface area contributed by atoms with E-state index >= 15 is 0 Å². The fraction of sp³-hybridized carbons (Fsp3) is 0.435. The van der Waals surface area contributed by atoms with Crippen LogP contribution in [-0.2, 0) is 14.8 Å². The molecule has 2 heterocycles. The van der Waals surface area contributed by atoms with Crippen molar-refractivity contribution in [3.8, 4) is 0 Å². The lowest BCUT2D eigenvalue weighted by Gasteiger charge is -2.56. The molecular weight excluding hydrogens is 384 g/mol. The number of likely N-dealkylation sites (tertiary alicyclic amines) is 1. The normalized spacial score (nSPS) is 24.7. The molecule has 6 heteroatoms. The third-order valence-corrected chi connectivity index (χ3v) is 8.04. The number of piperidine rings is 1. The molecule has 2 aliphatic heterocycles. The van der Waals surface area contributed by atoms with Crippen molar-refractivity contribution < 1.29 is 13.2 Å². The average Bonchev–Trinajstić information content (AvgIpc) is 2.73. The molecule has 5 nitrogen and oxygen atoms in total. The molecule has 154 valence electrons. The summed E-state index contributed by atoms with van der Waals surface area (Å²) in [6.07, 6.45) is 2.22. The Morgan fingerprint density at radius 1 is 0.966 bits per heavy atom. The van der Waals surface area contributed by atoms with Gasteiger partial charge in [-0.3, -0.25) is 4.79 Å². The summed E-state index contributed by atoms with van der Waals surface area (Å²) in [7, 11) is -3.70. The Bertz CT molecular complexity index is 974. The monoisotopic (exact) mass is 412 g/mol. The van der Waals surface area contributed by atoms with E-state index in [0.717, 1.165) is 18.4 Å². The minimum Gasteiger partial charge on any atom is -0.333 e. The maximum atomic E-state index is 13.6. The summed E-state index contributed by atoms with van der Waals surface area (Å²) in [5, 5.41) is 0. The summed E-state index contributed by atoms with van der Waals surface area (Å²) in [5.41, 5.74) is 1.07. The van der Waals surface area contributed by atoms with Crippen LogP contribution >= 0.6 is 0 Å². The number of hydrogen-bond acceptors (Lipinski definition) is 3. The standard InChI is InChI=1S/C23H28N2O3S/c1-23(2)17-24(21(23)18-11-5-3-6-12-18)22(26)20-15-9-10-16-25(20)29(27,28)19-13-7-4-8-14-19/h3-8,11-14,20-21H,9-10,15-17H2,1-2H3. The van der Waals surface area contributed by atoms with Crippen molar-refractivity contribution in [2.24, 2.45) is 5.41 Å². The van der Waals surface area contributed by atoms with Crippen LogP contribution in [0.3, 0.4) is 0 Å². The van der Waals surface area contributed by atoms with Gasteiger partial charge < -0.3 is 4.90 Å². The van der Waals surface area contributed by atoms with Gasteiger partial charge in [-0.1, -0.05) is 68.8 Å². The molecule has 2 aromatic carbocycles. The van der Waals surface area contributed by atoms with Crippen LogP contribution in [-0.4, -0.2) is 42.7 Å². The summed E-state index contributed by atoms with van der Waals surface area (Å²) in [4.78, 5) is 15.7. The molecule has 0 spiro atoms. The highest BCUT2D eigenvalue weighted by molar-refractivity contribution is 7.89. The Balaban J connectivity index is 1.63. The van der Waals surface area contributed by atoms with Gasteiger partial charge in [0.25, 0.3) is 0 Å². The number of rotatable bonds is 4. The zero-order valence-corrected chi connectivity index (χ0v) is 17.8. The fourth-order valence-corrected chi connectivity index (χ4v) is 6.43. The predicted molar refractivity (Wildman–Crippen MR) is 113 cm³/mol. The molecule has 0 aromatic heterocycles. The van der Waals surface area contributed by atoms with Crippen LogP contribution in [0.1, 0.15) is 44.7 Å². The molecule has 2 fully saturated rings. The van der Waals surface area contributed by atoms with Gasteiger partial charge in [-0.2, -0.15) is 4.31 Å². The van der Waals surface area contributed by atoms with Gasteiger partial charge in [0.05, 0.1) is 10.9 Å². The van der Waals surface area contributed by atoms with Crippen LogP contribution in [0.25, 0.3) is 0 Å². The largest absolute Gasteiger partial charge is 0.333 e. The topological polar surface area (TPSA) is 57.7 Å². The summed E-state index contributed by atoms with van der Waals surface area (Å²) >= 11 is 0. The van der Waals surface area contributed by atoms with Gasteiger partial charge in [0.2, 0.25) is 15.9 Å². The quantitative estimate of drug-likeness (QED) is 0.767. The van der Waals surface area contributed by atoms with Crippen molar-refractivity contribution >= 4 is 15.9 Å². The average molecular weight is 413 g/mol. The van der Waals surface area contributed by atoms with Gasteiger partial charge in [0, 0.05) is 18.5 Å². The number of benzene rings is 2. The van der Waals surface area contributed by atoms with E-state index in [9.17, 15) is 13.2 Å². The van der Waals surface area contributed by atoms with Crippen molar-refractivity contribution in [1.82, 2.24) is 9.21 Å². The van der Waals surface area contributed by atoms with E-state index in [2.05, 4.69) is 13.8 Å². The Morgan fingerprint density at radius 3 is 2.21 bits per heavy atom. The highest BCUT2D eigenvalue weighted by Gasteiger charge is 2.51. The fourth-order valence-electron chi connectivity index (χ4n) is 4.76. The van der Waals surface area contributed by atoms with Crippen molar-refractivity contribution in [2.75, 3.05) is 13.1 Å². The third-order valence-electron chi connectivity index (χ3n) is 6.12. The highest BCUT2D eigenvalue weighted by atomic mass is 32.2. The van der Waals surface area contributed by atoms with Gasteiger partial charge in [0.1, 0.15) is 6.04 Å². The number of hydrogen-bond donors (Lipinski definition) is 0. The Morgan fingerprint density at radius 2 is 1.59 bits per heavy atom. The second-order valence-corrected chi connectivity index (χ2v) is 10.6. The molecule has 0 saturated carbocycles. The Hall–Kier alpha value is -2.18. The van der Waals surface area contributed by atoms with Crippen LogP contribution < -0.4 is 0 Å². The van der Waals surface area contributed by atoms with E-state index in [-0.39, 0.29) is 22.3 Å². The third kappa shape index (κ3) is 3.60. The van der Waals surface area contributed by atoms with Crippen LogP contribution in [0.4, 0.5) is 0 Å². The van der Waals surface area contributed by atoms with Crippen molar-refractivity contribution in [3.05, 3.63) is 66.2 Å². The molecule has 0 bridgehead atoms. The van der Waals surface area contributed by atoms with Gasteiger partial charge in [-0.05, 0) is 30.5 Å². The van der Waals surface area contributed by atoms with Crippen LogP contribution in [0.5, 0.6) is 0 Å². The van der Waals surface area contributed by atoms with Crippen LogP contribution in [0.15, 0.2) is 65.6 Å². The smallest absolute Gasteiger partial charge is 0.243 e. The van der Waals surface area contributed by atoms with Gasteiger partial charge >= 0.3 is 0 Å². The minimum absolute atomic E-state index is 0.0283. The Labute approximate surface area is 173 Å². The van der Waals surface area contributed by atoms with Crippen LogP contribution in [0, 0.1) is 5.41 Å². The molecule has 2 aliphatic rings. The Kier molecular flexibility index (Phi) is 5.25. The second-order valence-electron chi connectivity index (χ2n) is 8.71. The number of carbonyl (C=O) groups is 1. The van der Waals surface area contributed by atoms with Gasteiger partial charge in [-0.25, -0.2) is 8.42 Å². The van der Waals surface area contributed by atoms with Gasteiger partial charge in [-0.15, -0.1) is 0 Å². The molecule has 29 heavy (non-hydrogen) atoms.